The minimum atomic E-state index is -0.299. The number of amides is 1. The molecule has 1 heterocycles. The molecule has 25 heavy (non-hydrogen) atoms. The summed E-state index contributed by atoms with van der Waals surface area (Å²) < 4.78 is 14.0. The Labute approximate surface area is 158 Å². The van der Waals surface area contributed by atoms with Crippen LogP contribution < -0.4 is 0 Å². The minimum absolute atomic E-state index is 0.0214. The van der Waals surface area contributed by atoms with Gasteiger partial charge >= 0.3 is 0 Å². The second-order valence-electron chi connectivity index (χ2n) is 5.49. The van der Waals surface area contributed by atoms with Gasteiger partial charge in [0, 0.05) is 4.47 Å². The van der Waals surface area contributed by atoms with Gasteiger partial charge in [0.25, 0.3) is 0 Å². The summed E-state index contributed by atoms with van der Waals surface area (Å²) in [4.78, 5) is 13.9. The summed E-state index contributed by atoms with van der Waals surface area (Å²) in [7, 11) is 0. The molecule has 0 aromatic heterocycles. The molecule has 0 bridgehead atoms. The molecule has 0 unspecified atom stereocenters. The molecule has 2 aromatic carbocycles. The quantitative estimate of drug-likeness (QED) is 0.542. The summed E-state index contributed by atoms with van der Waals surface area (Å²) in [6.07, 6.45) is 1.64. The molecule has 1 saturated heterocycles. The first kappa shape index (κ1) is 17.8. The van der Waals surface area contributed by atoms with Gasteiger partial charge in [-0.25, -0.2) is 4.39 Å². The topological polar surface area (TPSA) is 45.0 Å². The molecule has 0 saturated carbocycles. The molecule has 0 spiro atoms. The monoisotopic (exact) mass is 419 g/mol. The van der Waals surface area contributed by atoms with E-state index in [0.717, 1.165) is 15.6 Å². The number of hydrogen-bond acceptors (Lipinski definition) is 4. The lowest BCUT2D eigenvalue weighted by molar-refractivity contribution is -0.126. The maximum atomic E-state index is 13.0. The van der Waals surface area contributed by atoms with E-state index in [9.17, 15) is 9.18 Å². The largest absolute Gasteiger partial charge is 0.284 e. The maximum Gasteiger partial charge on any atom is 0.242 e. The van der Waals surface area contributed by atoms with Crippen LogP contribution in [0.5, 0.6) is 0 Å². The third-order valence-corrected chi connectivity index (χ3v) is 5.20. The van der Waals surface area contributed by atoms with Crippen LogP contribution in [-0.4, -0.2) is 27.4 Å². The molecule has 1 fully saturated rings. The fourth-order valence-corrected chi connectivity index (χ4v) is 3.46. The normalized spacial score (nSPS) is 19.3. The Hall–Kier alpha value is -1.99. The zero-order chi connectivity index (χ0) is 17.8. The van der Waals surface area contributed by atoms with Gasteiger partial charge in [-0.1, -0.05) is 52.0 Å². The van der Waals surface area contributed by atoms with Crippen molar-refractivity contribution in [3.05, 3.63) is 69.9 Å². The van der Waals surface area contributed by atoms with Crippen LogP contribution in [0.25, 0.3) is 0 Å². The number of benzene rings is 2. The third-order valence-electron chi connectivity index (χ3n) is 3.60. The van der Waals surface area contributed by atoms with Crippen molar-refractivity contribution in [2.75, 3.05) is 0 Å². The molecule has 1 amide bonds. The zero-order valence-corrected chi connectivity index (χ0v) is 15.8. The summed E-state index contributed by atoms with van der Waals surface area (Å²) in [6, 6.07) is 13.8. The van der Waals surface area contributed by atoms with Crippen LogP contribution in [0.1, 0.15) is 18.1 Å². The van der Waals surface area contributed by atoms with Crippen LogP contribution >= 0.6 is 27.7 Å². The standard InChI is InChI=1S/C18H15BrFN3OS/c1-12-17(24)23(11-14-4-8-16(20)9-5-14)18(25-12)22-21-10-13-2-6-15(19)7-3-13/h2-10,12H,11H2,1H3/b21-10-,22-18+/t12-/m0/s1. The molecule has 128 valence electrons. The molecule has 3 rings (SSSR count). The van der Waals surface area contributed by atoms with Gasteiger partial charge in [0.1, 0.15) is 5.82 Å². The number of carbonyl (C=O) groups excluding carboxylic acids is 1. The molecule has 7 heteroatoms. The van der Waals surface area contributed by atoms with E-state index in [4.69, 9.17) is 0 Å². The molecule has 1 aliphatic heterocycles. The van der Waals surface area contributed by atoms with Crippen LogP contribution in [0.4, 0.5) is 4.39 Å². The lowest BCUT2D eigenvalue weighted by atomic mass is 10.2. The lowest BCUT2D eigenvalue weighted by Gasteiger charge is -2.15. The summed E-state index contributed by atoms with van der Waals surface area (Å²) in [5.41, 5.74) is 1.76. The number of halogens is 2. The van der Waals surface area contributed by atoms with Gasteiger partial charge in [-0.3, -0.25) is 9.69 Å². The van der Waals surface area contributed by atoms with Crippen molar-refractivity contribution in [1.29, 1.82) is 0 Å². The van der Waals surface area contributed by atoms with Crippen LogP contribution in [-0.2, 0) is 11.3 Å². The van der Waals surface area contributed by atoms with Crippen molar-refractivity contribution in [2.45, 2.75) is 18.7 Å². The second kappa shape index (κ2) is 7.93. The average Bonchev–Trinajstić information content (AvgIpc) is 2.86. The van der Waals surface area contributed by atoms with Crippen molar-refractivity contribution in [3.63, 3.8) is 0 Å². The van der Waals surface area contributed by atoms with Gasteiger partial charge in [-0.15, -0.1) is 5.10 Å². The van der Waals surface area contributed by atoms with Crippen molar-refractivity contribution < 1.29 is 9.18 Å². The fourth-order valence-electron chi connectivity index (χ4n) is 2.28. The molecule has 0 aliphatic carbocycles. The molecular weight excluding hydrogens is 405 g/mol. The Morgan fingerprint density at radius 2 is 1.88 bits per heavy atom. The van der Waals surface area contributed by atoms with E-state index in [0.29, 0.717) is 11.7 Å². The Kier molecular flexibility index (Phi) is 5.65. The van der Waals surface area contributed by atoms with E-state index >= 15 is 0 Å². The van der Waals surface area contributed by atoms with Crippen LogP contribution in [0.3, 0.4) is 0 Å². The molecule has 4 nitrogen and oxygen atoms in total. The van der Waals surface area contributed by atoms with Gasteiger partial charge in [0.2, 0.25) is 5.91 Å². The van der Waals surface area contributed by atoms with Crippen molar-refractivity contribution in [2.24, 2.45) is 10.2 Å². The molecule has 2 aromatic rings. The van der Waals surface area contributed by atoms with E-state index < -0.39 is 0 Å². The molecule has 0 radical (unpaired) electrons. The molecular formula is C18H15BrFN3OS. The zero-order valence-electron chi connectivity index (χ0n) is 13.4. The summed E-state index contributed by atoms with van der Waals surface area (Å²) in [5, 5.41) is 8.65. The van der Waals surface area contributed by atoms with Crippen LogP contribution in [0.2, 0.25) is 0 Å². The molecule has 1 aliphatic rings. The third kappa shape index (κ3) is 4.55. The number of carbonyl (C=O) groups is 1. The minimum Gasteiger partial charge on any atom is -0.284 e. The van der Waals surface area contributed by atoms with Crippen molar-refractivity contribution in [1.82, 2.24) is 4.90 Å². The van der Waals surface area contributed by atoms with E-state index in [1.54, 1.807) is 23.2 Å². The Bertz CT molecular complexity index is 821. The first-order valence-electron chi connectivity index (χ1n) is 7.62. The number of rotatable bonds is 4. The predicted octanol–water partition coefficient (Wildman–Crippen LogP) is 4.44. The number of amidine groups is 1. The van der Waals surface area contributed by atoms with Gasteiger partial charge in [-0.05, 0) is 42.3 Å². The number of nitrogens with zero attached hydrogens (tertiary/aromatic N) is 3. The number of hydrogen-bond donors (Lipinski definition) is 0. The highest BCUT2D eigenvalue weighted by atomic mass is 79.9. The summed E-state index contributed by atoms with van der Waals surface area (Å²) >= 11 is 4.75. The Morgan fingerprint density at radius 1 is 1.20 bits per heavy atom. The summed E-state index contributed by atoms with van der Waals surface area (Å²) in [6.45, 7) is 2.19. The van der Waals surface area contributed by atoms with E-state index in [1.807, 2.05) is 31.2 Å². The van der Waals surface area contributed by atoms with Crippen molar-refractivity contribution >= 4 is 45.0 Å². The van der Waals surface area contributed by atoms with Gasteiger partial charge < -0.3 is 0 Å². The van der Waals surface area contributed by atoms with E-state index in [1.165, 1.54) is 23.9 Å². The maximum absolute atomic E-state index is 13.0. The summed E-state index contributed by atoms with van der Waals surface area (Å²) in [5.74, 6) is -0.320. The SMILES string of the molecule is C[C@@H]1S/C(=N/N=C\c2ccc(Br)cc2)N(Cc2ccc(F)cc2)C1=O. The first-order valence-corrected chi connectivity index (χ1v) is 9.29. The van der Waals surface area contributed by atoms with Gasteiger partial charge in [-0.2, -0.15) is 5.10 Å². The van der Waals surface area contributed by atoms with Crippen LogP contribution in [0, 0.1) is 5.82 Å². The highest BCUT2D eigenvalue weighted by molar-refractivity contribution is 9.10. The molecule has 0 N–H and O–H groups in total. The molecule has 1 atom stereocenters. The lowest BCUT2D eigenvalue weighted by Crippen LogP contribution is -2.30. The second-order valence-corrected chi connectivity index (χ2v) is 7.71. The van der Waals surface area contributed by atoms with Crippen molar-refractivity contribution in [3.8, 4) is 0 Å². The highest BCUT2D eigenvalue weighted by Crippen LogP contribution is 2.28. The smallest absolute Gasteiger partial charge is 0.242 e. The van der Waals surface area contributed by atoms with E-state index in [-0.39, 0.29) is 17.0 Å². The van der Waals surface area contributed by atoms with Crippen LogP contribution in [0.15, 0.2) is 63.2 Å². The first-order chi connectivity index (χ1) is 12.0. The van der Waals surface area contributed by atoms with Gasteiger partial charge in [0.05, 0.1) is 18.0 Å². The Morgan fingerprint density at radius 3 is 2.56 bits per heavy atom. The predicted molar refractivity (Wildman–Crippen MR) is 103 cm³/mol. The average molecular weight is 420 g/mol. The van der Waals surface area contributed by atoms with E-state index in [2.05, 4.69) is 26.1 Å². The fraction of sp³-hybridized carbons (Fsp3) is 0.167. The van der Waals surface area contributed by atoms with Gasteiger partial charge in [0.15, 0.2) is 5.17 Å². The number of thioether (sulfide) groups is 1. The Balaban J connectivity index is 1.76. The highest BCUT2D eigenvalue weighted by Gasteiger charge is 2.35.